The fraction of sp³-hybridized carbons (Fsp3) is 0.368. The van der Waals surface area contributed by atoms with Crippen LogP contribution in [-0.4, -0.2) is 50.4 Å². The van der Waals surface area contributed by atoms with Gasteiger partial charge >= 0.3 is 5.97 Å². The molecule has 26 heavy (non-hydrogen) atoms. The van der Waals surface area contributed by atoms with Crippen LogP contribution in [0, 0.1) is 5.92 Å². The third kappa shape index (κ3) is 4.28. The Morgan fingerprint density at radius 3 is 2.38 bits per heavy atom. The first-order valence-corrected chi connectivity index (χ1v) is 10.3. The zero-order chi connectivity index (χ0) is 18.7. The maximum Gasteiger partial charge on any atom is 0.309 e. The van der Waals surface area contributed by atoms with Crippen molar-refractivity contribution in [3.8, 4) is 0 Å². The van der Waals surface area contributed by atoms with E-state index in [1.807, 2.05) is 30.3 Å². The van der Waals surface area contributed by atoms with Crippen LogP contribution in [0.15, 0.2) is 42.5 Å². The van der Waals surface area contributed by atoms with Gasteiger partial charge in [-0.05, 0) is 29.7 Å². The van der Waals surface area contributed by atoms with Crippen molar-refractivity contribution in [2.24, 2.45) is 5.92 Å². The van der Waals surface area contributed by atoms with E-state index in [-0.39, 0.29) is 18.3 Å². The van der Waals surface area contributed by atoms with Crippen molar-refractivity contribution < 1.29 is 22.7 Å². The predicted octanol–water partition coefficient (Wildman–Crippen LogP) is 2.24. The van der Waals surface area contributed by atoms with Crippen molar-refractivity contribution in [3.05, 3.63) is 48.0 Å². The minimum absolute atomic E-state index is 0.252. The molecule has 0 N–H and O–H groups in total. The molecule has 1 aliphatic rings. The third-order valence-electron chi connectivity index (χ3n) is 4.67. The van der Waals surface area contributed by atoms with Gasteiger partial charge in [-0.3, -0.25) is 9.59 Å². The number of carbonyl (C=O) groups is 2. The number of sulfonamides is 1. The fourth-order valence-corrected chi connectivity index (χ4v) is 4.00. The number of rotatable bonds is 5. The molecule has 6 nitrogen and oxygen atoms in total. The van der Waals surface area contributed by atoms with Gasteiger partial charge < -0.3 is 4.74 Å². The first-order chi connectivity index (χ1) is 12.3. The Labute approximate surface area is 152 Å². The Morgan fingerprint density at radius 2 is 1.73 bits per heavy atom. The van der Waals surface area contributed by atoms with E-state index in [1.54, 1.807) is 12.1 Å². The number of esters is 1. The van der Waals surface area contributed by atoms with Crippen molar-refractivity contribution in [3.63, 3.8) is 0 Å². The van der Waals surface area contributed by atoms with Crippen LogP contribution in [0.3, 0.4) is 0 Å². The molecule has 3 rings (SSSR count). The van der Waals surface area contributed by atoms with Crippen molar-refractivity contribution in [1.29, 1.82) is 0 Å². The number of ketones is 1. The largest absolute Gasteiger partial charge is 0.457 e. The lowest BCUT2D eigenvalue weighted by Gasteiger charge is -2.28. The van der Waals surface area contributed by atoms with Crippen molar-refractivity contribution in [1.82, 2.24) is 4.31 Å². The molecule has 138 valence electrons. The second-order valence-corrected chi connectivity index (χ2v) is 8.51. The number of fused-ring (bicyclic) bond motifs is 1. The summed E-state index contributed by atoms with van der Waals surface area (Å²) in [5, 5.41) is 2.00. The highest BCUT2D eigenvalue weighted by Crippen LogP contribution is 2.21. The van der Waals surface area contributed by atoms with E-state index in [0.717, 1.165) is 17.0 Å². The van der Waals surface area contributed by atoms with E-state index in [1.165, 1.54) is 4.31 Å². The van der Waals surface area contributed by atoms with Crippen LogP contribution >= 0.6 is 0 Å². The molecule has 0 amide bonds. The summed E-state index contributed by atoms with van der Waals surface area (Å²) in [5.41, 5.74) is 0.503. The van der Waals surface area contributed by atoms with Crippen LogP contribution in [0.4, 0.5) is 0 Å². The third-order valence-corrected chi connectivity index (χ3v) is 5.98. The molecule has 0 atom stereocenters. The summed E-state index contributed by atoms with van der Waals surface area (Å²) in [4.78, 5) is 24.5. The average Bonchev–Trinajstić information content (AvgIpc) is 2.64. The van der Waals surface area contributed by atoms with E-state index in [0.29, 0.717) is 31.5 Å². The second-order valence-electron chi connectivity index (χ2n) is 6.53. The number of carbonyl (C=O) groups excluding carboxylic acids is 2. The molecule has 0 spiro atoms. The molecule has 0 radical (unpaired) electrons. The second kappa shape index (κ2) is 7.55. The monoisotopic (exact) mass is 375 g/mol. The molecule has 2 aromatic carbocycles. The van der Waals surface area contributed by atoms with Crippen LogP contribution in [0.1, 0.15) is 23.2 Å². The first-order valence-electron chi connectivity index (χ1n) is 8.48. The standard InChI is InChI=1S/C19H21NO5S/c1-26(23,24)20-10-8-15(9-11-20)19(22)25-13-18(21)17-7-6-14-4-2-3-5-16(14)12-17/h2-7,12,15H,8-11,13H2,1H3. The molecule has 7 heteroatoms. The first kappa shape index (κ1) is 18.5. The molecule has 0 aliphatic carbocycles. The molecular formula is C19H21NO5S. The zero-order valence-electron chi connectivity index (χ0n) is 14.6. The molecule has 1 fully saturated rings. The number of Topliss-reactive ketones (excluding diaryl/α,β-unsaturated/α-hetero) is 1. The minimum atomic E-state index is -3.23. The number of hydrogen-bond donors (Lipinski definition) is 0. The number of hydrogen-bond acceptors (Lipinski definition) is 5. The van der Waals surface area contributed by atoms with Gasteiger partial charge in [-0.1, -0.05) is 36.4 Å². The van der Waals surface area contributed by atoms with E-state index in [9.17, 15) is 18.0 Å². The summed E-state index contributed by atoms with van der Waals surface area (Å²) in [6.07, 6.45) is 1.99. The number of ether oxygens (including phenoxy) is 1. The molecule has 1 saturated heterocycles. The summed E-state index contributed by atoms with van der Waals surface area (Å²) in [5.74, 6) is -1.05. The fourth-order valence-electron chi connectivity index (χ4n) is 3.12. The minimum Gasteiger partial charge on any atom is -0.457 e. The van der Waals surface area contributed by atoms with E-state index < -0.39 is 16.0 Å². The lowest BCUT2D eigenvalue weighted by molar-refractivity contribution is -0.148. The lowest BCUT2D eigenvalue weighted by Crippen LogP contribution is -2.40. The zero-order valence-corrected chi connectivity index (χ0v) is 15.4. The summed E-state index contributed by atoms with van der Waals surface area (Å²) in [7, 11) is -3.23. The van der Waals surface area contributed by atoms with Gasteiger partial charge in [0.2, 0.25) is 10.0 Å². The smallest absolute Gasteiger partial charge is 0.309 e. The maximum absolute atomic E-state index is 12.3. The van der Waals surface area contributed by atoms with E-state index in [2.05, 4.69) is 0 Å². The summed E-state index contributed by atoms with van der Waals surface area (Å²) in [6, 6.07) is 13.1. The molecule has 0 saturated carbocycles. The van der Waals surface area contributed by atoms with Gasteiger partial charge in [0.15, 0.2) is 12.4 Å². The molecule has 2 aromatic rings. The Bertz CT molecular complexity index is 930. The van der Waals surface area contributed by atoms with Gasteiger partial charge in [0, 0.05) is 18.7 Å². The van der Waals surface area contributed by atoms with Gasteiger partial charge in [-0.15, -0.1) is 0 Å². The maximum atomic E-state index is 12.3. The Balaban J connectivity index is 1.55. The summed E-state index contributed by atoms with van der Waals surface area (Å²) in [6.45, 7) is 0.303. The Hall–Kier alpha value is -2.25. The molecule has 0 bridgehead atoms. The highest BCUT2D eigenvalue weighted by atomic mass is 32.2. The van der Waals surface area contributed by atoms with Crippen LogP contribution in [0.2, 0.25) is 0 Å². The van der Waals surface area contributed by atoms with Crippen molar-refractivity contribution >= 4 is 32.5 Å². The van der Waals surface area contributed by atoms with Gasteiger partial charge in [-0.25, -0.2) is 12.7 Å². The molecule has 0 aromatic heterocycles. The van der Waals surface area contributed by atoms with Gasteiger partial charge in [0.05, 0.1) is 12.2 Å². The van der Waals surface area contributed by atoms with Crippen LogP contribution in [0.25, 0.3) is 10.8 Å². The number of nitrogens with zero attached hydrogens (tertiary/aromatic N) is 1. The molecule has 1 heterocycles. The van der Waals surface area contributed by atoms with E-state index in [4.69, 9.17) is 4.74 Å². The van der Waals surface area contributed by atoms with Gasteiger partial charge in [-0.2, -0.15) is 0 Å². The van der Waals surface area contributed by atoms with Crippen molar-refractivity contribution in [2.45, 2.75) is 12.8 Å². The van der Waals surface area contributed by atoms with E-state index >= 15 is 0 Å². The van der Waals surface area contributed by atoms with Crippen LogP contribution in [0.5, 0.6) is 0 Å². The topological polar surface area (TPSA) is 80.8 Å². The highest BCUT2D eigenvalue weighted by molar-refractivity contribution is 7.88. The Kier molecular flexibility index (Phi) is 5.38. The molecular weight excluding hydrogens is 354 g/mol. The molecule has 1 aliphatic heterocycles. The SMILES string of the molecule is CS(=O)(=O)N1CCC(C(=O)OCC(=O)c2ccc3ccccc3c2)CC1. The van der Waals surface area contributed by atoms with Gasteiger partial charge in [0.25, 0.3) is 0 Å². The quantitative estimate of drug-likeness (QED) is 0.591. The van der Waals surface area contributed by atoms with Crippen molar-refractivity contribution in [2.75, 3.05) is 26.0 Å². The number of piperidine rings is 1. The predicted molar refractivity (Wildman–Crippen MR) is 98.4 cm³/mol. The van der Waals surface area contributed by atoms with Gasteiger partial charge in [0.1, 0.15) is 0 Å². The normalized spacial score (nSPS) is 16.5. The molecule has 0 unspecified atom stereocenters. The highest BCUT2D eigenvalue weighted by Gasteiger charge is 2.30. The van der Waals surface area contributed by atoms with Crippen LogP contribution in [-0.2, 0) is 19.6 Å². The lowest BCUT2D eigenvalue weighted by atomic mass is 9.98. The summed E-state index contributed by atoms with van der Waals surface area (Å²) < 4.78 is 29.5. The Morgan fingerprint density at radius 1 is 1.08 bits per heavy atom. The summed E-state index contributed by atoms with van der Waals surface area (Å²) >= 11 is 0. The van der Waals surface area contributed by atoms with Crippen LogP contribution < -0.4 is 0 Å². The number of benzene rings is 2. The average molecular weight is 375 g/mol.